The van der Waals surface area contributed by atoms with Gasteiger partial charge in [0.05, 0.1) is 7.05 Å². The molecule has 0 radical (unpaired) electrons. The fourth-order valence-corrected chi connectivity index (χ4v) is 2.26. The van der Waals surface area contributed by atoms with E-state index in [1.165, 1.54) is 6.20 Å². The lowest BCUT2D eigenvalue weighted by Gasteiger charge is -2.22. The molecule has 0 amide bonds. The van der Waals surface area contributed by atoms with E-state index >= 15 is 0 Å². The zero-order valence-electron chi connectivity index (χ0n) is 8.18. The fourth-order valence-electron chi connectivity index (χ4n) is 1.50. The Kier molecular flexibility index (Phi) is 2.11. The van der Waals surface area contributed by atoms with Crippen LogP contribution in [-0.2, 0) is 9.05 Å². The number of rotatable bonds is 1. The number of nitrogens with zero attached hydrogens (tertiary/aromatic N) is 3. The van der Waals surface area contributed by atoms with Crippen LogP contribution >= 0.6 is 10.7 Å². The largest absolute Gasteiger partial charge is 0.339 e. The molecule has 0 aliphatic carbocycles. The number of hydrogen-bond acceptors (Lipinski definition) is 4. The molecule has 0 N–H and O–H groups in total. The maximum Gasteiger partial charge on any atom is 0.339 e. The molecule has 0 fully saturated rings. The normalized spacial score (nSPS) is 29.4. The molecule has 15 heavy (non-hydrogen) atoms. The van der Waals surface area contributed by atoms with Crippen LogP contribution in [0.1, 0.15) is 6.92 Å². The Morgan fingerprint density at radius 3 is 2.67 bits per heavy atom. The van der Waals surface area contributed by atoms with Crippen LogP contribution in [0.4, 0.5) is 0 Å². The van der Waals surface area contributed by atoms with Gasteiger partial charge < -0.3 is 0 Å². The third-order valence-corrected chi connectivity index (χ3v) is 3.30. The van der Waals surface area contributed by atoms with Crippen LogP contribution in [0.25, 0.3) is 0 Å². The van der Waals surface area contributed by atoms with Crippen molar-refractivity contribution >= 4 is 31.9 Å². The number of quaternary nitrogens is 1. The van der Waals surface area contributed by atoms with Crippen LogP contribution < -0.4 is 0 Å². The SMILES string of the molecule is CC1=C[N+]2(C)C=C(S(=O)(=O)Cl)N=C2N=C1. The lowest BCUT2D eigenvalue weighted by Crippen LogP contribution is -2.38. The maximum absolute atomic E-state index is 11.1. The van der Waals surface area contributed by atoms with E-state index in [4.69, 9.17) is 10.7 Å². The number of allylic oxidation sites excluding steroid dienone is 1. The van der Waals surface area contributed by atoms with Gasteiger partial charge in [0, 0.05) is 22.5 Å². The van der Waals surface area contributed by atoms with Crippen molar-refractivity contribution in [1.29, 1.82) is 0 Å². The van der Waals surface area contributed by atoms with Crippen molar-refractivity contribution < 1.29 is 12.9 Å². The van der Waals surface area contributed by atoms with Gasteiger partial charge in [-0.25, -0.2) is 12.9 Å². The highest BCUT2D eigenvalue weighted by atomic mass is 35.7. The predicted octanol–water partition coefficient (Wildman–Crippen LogP) is 1.16. The molecular formula is C8H9ClN3O2S+. The molecule has 0 aromatic heterocycles. The van der Waals surface area contributed by atoms with Crippen molar-refractivity contribution in [3.63, 3.8) is 0 Å². The first-order chi connectivity index (χ1) is 6.81. The lowest BCUT2D eigenvalue weighted by molar-refractivity contribution is -0.706. The third kappa shape index (κ3) is 1.75. The van der Waals surface area contributed by atoms with Crippen molar-refractivity contribution in [1.82, 2.24) is 0 Å². The minimum atomic E-state index is -3.79. The van der Waals surface area contributed by atoms with Crippen molar-refractivity contribution in [2.45, 2.75) is 6.92 Å². The molecule has 0 bridgehead atoms. The molecule has 0 aromatic carbocycles. The summed E-state index contributed by atoms with van der Waals surface area (Å²) in [6.45, 7) is 1.88. The van der Waals surface area contributed by atoms with Crippen LogP contribution in [0.15, 0.2) is 33.0 Å². The molecule has 0 saturated heterocycles. The predicted molar refractivity (Wildman–Crippen MR) is 58.7 cm³/mol. The molecule has 0 aromatic rings. The van der Waals surface area contributed by atoms with Crippen molar-refractivity contribution in [3.05, 3.63) is 23.0 Å². The van der Waals surface area contributed by atoms with E-state index in [0.29, 0.717) is 5.96 Å². The molecule has 80 valence electrons. The van der Waals surface area contributed by atoms with Gasteiger partial charge in [0.2, 0.25) is 5.03 Å². The summed E-state index contributed by atoms with van der Waals surface area (Å²) in [7, 11) is 3.21. The summed E-state index contributed by atoms with van der Waals surface area (Å²) in [5.74, 6) is 0.403. The van der Waals surface area contributed by atoms with E-state index in [-0.39, 0.29) is 9.51 Å². The Balaban J connectivity index is 2.56. The fraction of sp³-hybridized carbons (Fsp3) is 0.250. The van der Waals surface area contributed by atoms with Gasteiger partial charge in [-0.1, -0.05) is 0 Å². The van der Waals surface area contributed by atoms with Gasteiger partial charge >= 0.3 is 5.96 Å². The number of guanidine groups is 1. The molecule has 7 heteroatoms. The second-order valence-electron chi connectivity index (χ2n) is 3.60. The molecule has 0 saturated carbocycles. The highest BCUT2D eigenvalue weighted by molar-refractivity contribution is 8.16. The van der Waals surface area contributed by atoms with Crippen LogP contribution in [0, 0.1) is 0 Å². The molecule has 1 atom stereocenters. The number of halogens is 1. The summed E-state index contributed by atoms with van der Waals surface area (Å²) in [6.07, 6.45) is 4.94. The summed E-state index contributed by atoms with van der Waals surface area (Å²) >= 11 is 0. The van der Waals surface area contributed by atoms with Crippen molar-refractivity contribution in [2.75, 3.05) is 7.05 Å². The summed E-state index contributed by atoms with van der Waals surface area (Å²) in [4.78, 5) is 7.94. The average Bonchev–Trinajstić information content (AvgIpc) is 2.39. The quantitative estimate of drug-likeness (QED) is 0.515. The van der Waals surface area contributed by atoms with E-state index in [0.717, 1.165) is 5.57 Å². The summed E-state index contributed by atoms with van der Waals surface area (Å²) in [5.41, 5.74) is 0.945. The third-order valence-electron chi connectivity index (χ3n) is 2.13. The van der Waals surface area contributed by atoms with Gasteiger partial charge in [-0.3, -0.25) is 0 Å². The molecule has 2 rings (SSSR count). The summed E-state index contributed by atoms with van der Waals surface area (Å²) in [6, 6.07) is 0. The van der Waals surface area contributed by atoms with Gasteiger partial charge in [-0.2, -0.15) is 9.98 Å². The molecule has 2 aliphatic rings. The van der Waals surface area contributed by atoms with Crippen molar-refractivity contribution in [2.24, 2.45) is 9.98 Å². The Bertz CT molecular complexity index is 544. The zero-order chi connectivity index (χ0) is 11.3. The molecule has 5 nitrogen and oxygen atoms in total. The number of hydrogen-bond donors (Lipinski definition) is 0. The monoisotopic (exact) mass is 246 g/mol. The molecule has 2 heterocycles. The Morgan fingerprint density at radius 2 is 2.07 bits per heavy atom. The number of aliphatic imine (C=N–C) groups is 2. The Labute approximate surface area is 92.1 Å². The van der Waals surface area contributed by atoms with Crippen LogP contribution in [-0.4, -0.2) is 32.1 Å². The maximum atomic E-state index is 11.1. The van der Waals surface area contributed by atoms with E-state index in [1.54, 1.807) is 13.3 Å². The van der Waals surface area contributed by atoms with Crippen LogP contribution in [0.5, 0.6) is 0 Å². The van der Waals surface area contributed by atoms with Gasteiger partial charge in [0.25, 0.3) is 9.05 Å². The van der Waals surface area contributed by atoms with Crippen molar-refractivity contribution in [3.8, 4) is 0 Å². The van der Waals surface area contributed by atoms with E-state index in [9.17, 15) is 8.42 Å². The van der Waals surface area contributed by atoms with E-state index in [2.05, 4.69) is 9.98 Å². The first-order valence-electron chi connectivity index (χ1n) is 4.17. The smallest absolute Gasteiger partial charge is 0.205 e. The Hall–Kier alpha value is -0.980. The second kappa shape index (κ2) is 3.01. The molecule has 1 unspecified atom stereocenters. The minimum Gasteiger partial charge on any atom is -0.205 e. The highest BCUT2D eigenvalue weighted by Gasteiger charge is 2.38. The van der Waals surface area contributed by atoms with Gasteiger partial charge in [0.15, 0.2) is 0 Å². The summed E-state index contributed by atoms with van der Waals surface area (Å²) < 4.78 is 22.4. The summed E-state index contributed by atoms with van der Waals surface area (Å²) in [5, 5.41) is -0.148. The van der Waals surface area contributed by atoms with Crippen LogP contribution in [0.2, 0.25) is 0 Å². The zero-order valence-corrected chi connectivity index (χ0v) is 9.75. The second-order valence-corrected chi connectivity index (χ2v) is 6.11. The average molecular weight is 247 g/mol. The van der Waals surface area contributed by atoms with E-state index in [1.807, 2.05) is 13.1 Å². The topological polar surface area (TPSA) is 58.9 Å². The van der Waals surface area contributed by atoms with E-state index < -0.39 is 9.05 Å². The first-order valence-corrected chi connectivity index (χ1v) is 6.48. The molecule has 0 spiro atoms. The number of fused-ring (bicyclic) bond motifs is 1. The molecular weight excluding hydrogens is 238 g/mol. The van der Waals surface area contributed by atoms with Gasteiger partial charge in [0.1, 0.15) is 12.4 Å². The highest BCUT2D eigenvalue weighted by Crippen LogP contribution is 2.28. The standard InChI is InChI=1S/C8H9ClN3O2S/c1-6-3-10-8-11-7(15(9,13)14)5-12(8,2)4-6/h3-5H,1-2H3/q+1. The molecule has 2 aliphatic heterocycles. The Morgan fingerprint density at radius 1 is 1.40 bits per heavy atom. The van der Waals surface area contributed by atoms with Crippen LogP contribution in [0.3, 0.4) is 0 Å². The lowest BCUT2D eigenvalue weighted by atomic mass is 10.3. The minimum absolute atomic E-state index is 0.142. The first kappa shape index (κ1) is 10.5. The van der Waals surface area contributed by atoms with Gasteiger partial charge in [-0.05, 0) is 6.92 Å². The van der Waals surface area contributed by atoms with Gasteiger partial charge in [-0.15, -0.1) is 0 Å².